The zero-order chi connectivity index (χ0) is 16.7. The minimum absolute atomic E-state index is 0.0348. The number of rotatable bonds is 7. The van der Waals surface area contributed by atoms with Crippen LogP contribution >= 0.6 is 11.6 Å². The van der Waals surface area contributed by atoms with Crippen LogP contribution in [0.4, 0.5) is 0 Å². The summed E-state index contributed by atoms with van der Waals surface area (Å²) in [5.74, 6) is 1.26. The van der Waals surface area contributed by atoms with Gasteiger partial charge in [0, 0.05) is 5.02 Å². The number of aryl methyl sites for hydroxylation is 2. The monoisotopic (exact) mass is 333 g/mol. The number of ether oxygens (including phenoxy) is 2. The van der Waals surface area contributed by atoms with Crippen molar-refractivity contribution in [3.8, 4) is 11.5 Å². The molecular formula is C18H20ClNO3. The third-order valence-electron chi connectivity index (χ3n) is 3.18. The topological polar surface area (TPSA) is 47.6 Å². The highest BCUT2D eigenvalue weighted by Gasteiger charge is 2.05. The Balaban J connectivity index is 1.67. The largest absolute Gasteiger partial charge is 0.492 e. The third kappa shape index (κ3) is 5.83. The van der Waals surface area contributed by atoms with Crippen LogP contribution in [-0.2, 0) is 4.79 Å². The first-order valence-corrected chi connectivity index (χ1v) is 7.77. The van der Waals surface area contributed by atoms with E-state index >= 15 is 0 Å². The second-order valence-electron chi connectivity index (χ2n) is 5.21. The molecule has 0 fully saturated rings. The predicted molar refractivity (Wildman–Crippen MR) is 91.4 cm³/mol. The molecule has 1 N–H and O–H groups in total. The average molecular weight is 334 g/mol. The molecule has 0 aliphatic rings. The van der Waals surface area contributed by atoms with Crippen molar-refractivity contribution in [3.05, 3.63) is 58.6 Å². The van der Waals surface area contributed by atoms with Gasteiger partial charge in [0.1, 0.15) is 18.1 Å². The van der Waals surface area contributed by atoms with E-state index in [4.69, 9.17) is 21.1 Å². The van der Waals surface area contributed by atoms with Crippen LogP contribution in [0.1, 0.15) is 11.1 Å². The molecule has 0 unspecified atom stereocenters. The molecule has 5 heteroatoms. The lowest BCUT2D eigenvalue weighted by Crippen LogP contribution is -2.32. The van der Waals surface area contributed by atoms with Crippen molar-refractivity contribution in [3.63, 3.8) is 0 Å². The zero-order valence-electron chi connectivity index (χ0n) is 13.3. The lowest BCUT2D eigenvalue weighted by atomic mass is 10.2. The van der Waals surface area contributed by atoms with E-state index in [2.05, 4.69) is 5.32 Å². The van der Waals surface area contributed by atoms with E-state index in [0.717, 1.165) is 16.9 Å². The van der Waals surface area contributed by atoms with E-state index in [1.807, 2.05) is 38.1 Å². The number of carbonyl (C=O) groups excluding carboxylic acids is 1. The number of hydrogen-bond donors (Lipinski definition) is 1. The second kappa shape index (κ2) is 8.44. The molecule has 0 atom stereocenters. The van der Waals surface area contributed by atoms with Crippen LogP contribution < -0.4 is 14.8 Å². The van der Waals surface area contributed by atoms with Crippen LogP contribution in [-0.4, -0.2) is 25.7 Å². The Hall–Kier alpha value is -2.20. The van der Waals surface area contributed by atoms with E-state index in [0.29, 0.717) is 23.9 Å². The smallest absolute Gasteiger partial charge is 0.258 e. The van der Waals surface area contributed by atoms with Crippen molar-refractivity contribution in [1.82, 2.24) is 5.32 Å². The van der Waals surface area contributed by atoms with Crippen LogP contribution in [0.2, 0.25) is 5.02 Å². The van der Waals surface area contributed by atoms with Gasteiger partial charge in [-0.25, -0.2) is 0 Å². The minimum atomic E-state index is -0.188. The van der Waals surface area contributed by atoms with Gasteiger partial charge in [0.2, 0.25) is 0 Å². The summed E-state index contributed by atoms with van der Waals surface area (Å²) in [6.45, 7) is 4.69. The molecule has 2 rings (SSSR count). The maximum Gasteiger partial charge on any atom is 0.258 e. The number of amides is 1. The van der Waals surface area contributed by atoms with Gasteiger partial charge >= 0.3 is 0 Å². The lowest BCUT2D eigenvalue weighted by Gasteiger charge is -2.10. The lowest BCUT2D eigenvalue weighted by molar-refractivity contribution is -0.123. The summed E-state index contributed by atoms with van der Waals surface area (Å²) in [5, 5.41) is 3.40. The zero-order valence-corrected chi connectivity index (χ0v) is 14.0. The number of carbonyl (C=O) groups is 1. The number of hydrogen-bond acceptors (Lipinski definition) is 3. The molecule has 0 saturated carbocycles. The summed E-state index contributed by atoms with van der Waals surface area (Å²) in [6.07, 6.45) is 0. The molecule has 2 aromatic rings. The Morgan fingerprint density at radius 2 is 1.96 bits per heavy atom. The van der Waals surface area contributed by atoms with Crippen LogP contribution in [0, 0.1) is 13.8 Å². The van der Waals surface area contributed by atoms with Gasteiger partial charge in [-0.15, -0.1) is 0 Å². The van der Waals surface area contributed by atoms with Crippen LogP contribution in [0.5, 0.6) is 11.5 Å². The molecule has 1 amide bonds. The minimum Gasteiger partial charge on any atom is -0.492 e. The van der Waals surface area contributed by atoms with Crippen LogP contribution in [0.15, 0.2) is 42.5 Å². The third-order valence-corrected chi connectivity index (χ3v) is 3.41. The first-order valence-electron chi connectivity index (χ1n) is 7.40. The summed E-state index contributed by atoms with van der Waals surface area (Å²) in [6, 6.07) is 13.1. The summed E-state index contributed by atoms with van der Waals surface area (Å²) < 4.78 is 11.0. The standard InChI is InChI=1S/C18H20ClNO3/c1-13-4-3-5-16(10-13)22-9-8-20-18(21)12-23-17-7-6-15(19)11-14(17)2/h3-7,10-11H,8-9,12H2,1-2H3,(H,20,21). The van der Waals surface area contributed by atoms with Gasteiger partial charge in [-0.3, -0.25) is 4.79 Å². The summed E-state index contributed by atoms with van der Waals surface area (Å²) >= 11 is 5.88. The molecule has 0 bridgehead atoms. The molecule has 0 heterocycles. The fraction of sp³-hybridized carbons (Fsp3) is 0.278. The van der Waals surface area contributed by atoms with Gasteiger partial charge in [-0.05, 0) is 55.3 Å². The molecule has 0 radical (unpaired) electrons. The van der Waals surface area contributed by atoms with Crippen molar-refractivity contribution < 1.29 is 14.3 Å². The first-order chi connectivity index (χ1) is 11.0. The first kappa shape index (κ1) is 17.2. The molecule has 23 heavy (non-hydrogen) atoms. The Morgan fingerprint density at radius 1 is 1.13 bits per heavy atom. The Labute approximate surface area is 141 Å². The summed E-state index contributed by atoms with van der Waals surface area (Å²) in [5.41, 5.74) is 2.03. The Morgan fingerprint density at radius 3 is 2.70 bits per heavy atom. The van der Waals surface area contributed by atoms with E-state index in [1.54, 1.807) is 18.2 Å². The SMILES string of the molecule is Cc1cccc(OCCNC(=O)COc2ccc(Cl)cc2C)c1. The highest BCUT2D eigenvalue weighted by molar-refractivity contribution is 6.30. The molecule has 0 saturated heterocycles. The molecule has 0 aliphatic heterocycles. The predicted octanol–water partition coefficient (Wildman–Crippen LogP) is 3.53. The van der Waals surface area contributed by atoms with Gasteiger partial charge < -0.3 is 14.8 Å². The second-order valence-corrected chi connectivity index (χ2v) is 5.65. The molecule has 0 aromatic heterocycles. The number of nitrogens with one attached hydrogen (secondary N) is 1. The van der Waals surface area contributed by atoms with E-state index in [1.165, 1.54) is 0 Å². The van der Waals surface area contributed by atoms with Gasteiger partial charge in [-0.1, -0.05) is 23.7 Å². The molecule has 122 valence electrons. The Bertz CT molecular complexity index is 673. The van der Waals surface area contributed by atoms with Gasteiger partial charge in [-0.2, -0.15) is 0 Å². The van der Waals surface area contributed by atoms with Gasteiger partial charge in [0.05, 0.1) is 6.54 Å². The van der Waals surface area contributed by atoms with E-state index in [9.17, 15) is 4.79 Å². The molecule has 2 aromatic carbocycles. The van der Waals surface area contributed by atoms with Crippen molar-refractivity contribution in [2.75, 3.05) is 19.8 Å². The highest BCUT2D eigenvalue weighted by atomic mass is 35.5. The molecular weight excluding hydrogens is 314 g/mol. The molecule has 0 spiro atoms. The fourth-order valence-electron chi connectivity index (χ4n) is 2.03. The maximum atomic E-state index is 11.7. The maximum absolute atomic E-state index is 11.7. The van der Waals surface area contributed by atoms with Gasteiger partial charge in [0.25, 0.3) is 5.91 Å². The molecule has 4 nitrogen and oxygen atoms in total. The average Bonchev–Trinajstić information content (AvgIpc) is 2.51. The Kier molecular flexibility index (Phi) is 6.29. The van der Waals surface area contributed by atoms with Crippen LogP contribution in [0.3, 0.4) is 0 Å². The summed E-state index contributed by atoms with van der Waals surface area (Å²) in [7, 11) is 0. The highest BCUT2D eigenvalue weighted by Crippen LogP contribution is 2.21. The normalized spacial score (nSPS) is 10.2. The fourth-order valence-corrected chi connectivity index (χ4v) is 2.26. The van der Waals surface area contributed by atoms with Crippen molar-refractivity contribution in [2.24, 2.45) is 0 Å². The summed E-state index contributed by atoms with van der Waals surface area (Å²) in [4.78, 5) is 11.7. The molecule has 0 aliphatic carbocycles. The van der Waals surface area contributed by atoms with Crippen molar-refractivity contribution >= 4 is 17.5 Å². The quantitative estimate of drug-likeness (QED) is 0.788. The number of benzene rings is 2. The van der Waals surface area contributed by atoms with Crippen LogP contribution in [0.25, 0.3) is 0 Å². The van der Waals surface area contributed by atoms with Crippen molar-refractivity contribution in [1.29, 1.82) is 0 Å². The number of halogens is 1. The van der Waals surface area contributed by atoms with Crippen molar-refractivity contribution in [2.45, 2.75) is 13.8 Å². The van der Waals surface area contributed by atoms with E-state index < -0.39 is 0 Å². The van der Waals surface area contributed by atoms with Gasteiger partial charge in [0.15, 0.2) is 6.61 Å². The van der Waals surface area contributed by atoms with E-state index in [-0.39, 0.29) is 12.5 Å².